The highest BCUT2D eigenvalue weighted by Crippen LogP contribution is 2.21. The number of thioether (sulfide) groups is 1. The van der Waals surface area contributed by atoms with Gasteiger partial charge in [0.15, 0.2) is 5.96 Å². The SMILES string of the molecule is COCCOc1cc(C)ccc1CN=C(N)N1CCSCC1. The molecule has 1 saturated heterocycles. The van der Waals surface area contributed by atoms with Crippen molar-refractivity contribution in [3.8, 4) is 5.75 Å². The highest BCUT2D eigenvalue weighted by molar-refractivity contribution is 7.99. The standard InChI is InChI=1S/C16H25N3O2S/c1-13-3-4-14(15(11-13)21-8-7-20-2)12-18-16(17)19-5-9-22-10-6-19/h3-4,11H,5-10,12H2,1-2H3,(H2,17,18). The van der Waals surface area contributed by atoms with Crippen molar-refractivity contribution in [3.63, 3.8) is 0 Å². The van der Waals surface area contributed by atoms with Crippen LogP contribution in [0.4, 0.5) is 0 Å². The minimum atomic E-state index is 0.537. The van der Waals surface area contributed by atoms with Crippen molar-refractivity contribution in [1.29, 1.82) is 0 Å². The van der Waals surface area contributed by atoms with E-state index in [0.29, 0.717) is 25.7 Å². The second-order valence-corrected chi connectivity index (χ2v) is 6.45. The fraction of sp³-hybridized carbons (Fsp3) is 0.562. The molecule has 0 amide bonds. The molecule has 1 aliphatic rings. The van der Waals surface area contributed by atoms with Gasteiger partial charge in [-0.25, -0.2) is 4.99 Å². The highest BCUT2D eigenvalue weighted by Gasteiger charge is 2.12. The number of aryl methyl sites for hydroxylation is 1. The van der Waals surface area contributed by atoms with Gasteiger partial charge in [0.2, 0.25) is 0 Å². The second-order valence-electron chi connectivity index (χ2n) is 5.23. The summed E-state index contributed by atoms with van der Waals surface area (Å²) in [6.07, 6.45) is 0. The number of hydrogen-bond donors (Lipinski definition) is 1. The molecule has 122 valence electrons. The Morgan fingerprint density at radius 2 is 2.09 bits per heavy atom. The molecule has 1 aromatic carbocycles. The van der Waals surface area contributed by atoms with E-state index in [2.05, 4.69) is 28.9 Å². The van der Waals surface area contributed by atoms with E-state index in [1.54, 1.807) is 7.11 Å². The van der Waals surface area contributed by atoms with Gasteiger partial charge in [-0.2, -0.15) is 11.8 Å². The van der Waals surface area contributed by atoms with E-state index in [9.17, 15) is 0 Å². The van der Waals surface area contributed by atoms with E-state index in [1.165, 1.54) is 5.56 Å². The summed E-state index contributed by atoms with van der Waals surface area (Å²) in [5, 5.41) is 0. The molecular formula is C16H25N3O2S. The summed E-state index contributed by atoms with van der Waals surface area (Å²) in [5.74, 6) is 3.73. The molecule has 1 aromatic rings. The number of benzene rings is 1. The maximum Gasteiger partial charge on any atom is 0.191 e. The zero-order chi connectivity index (χ0) is 15.8. The quantitative estimate of drug-likeness (QED) is 0.492. The molecule has 0 radical (unpaired) electrons. The lowest BCUT2D eigenvalue weighted by Gasteiger charge is -2.27. The first-order chi connectivity index (χ1) is 10.7. The lowest BCUT2D eigenvalue weighted by Crippen LogP contribution is -2.42. The summed E-state index contributed by atoms with van der Waals surface area (Å²) >= 11 is 1.96. The predicted octanol–water partition coefficient (Wildman–Crippen LogP) is 1.88. The van der Waals surface area contributed by atoms with E-state index in [1.807, 2.05) is 17.8 Å². The molecule has 0 saturated carbocycles. The third-order valence-electron chi connectivity index (χ3n) is 3.51. The molecule has 0 atom stereocenters. The number of nitrogens with two attached hydrogens (primary N) is 1. The van der Waals surface area contributed by atoms with Crippen LogP contribution in [0.2, 0.25) is 0 Å². The molecule has 0 bridgehead atoms. The van der Waals surface area contributed by atoms with Crippen LogP contribution in [-0.4, -0.2) is 55.8 Å². The Bertz CT molecular complexity index is 502. The zero-order valence-corrected chi connectivity index (χ0v) is 14.2. The van der Waals surface area contributed by atoms with Crippen molar-refractivity contribution in [3.05, 3.63) is 29.3 Å². The average Bonchev–Trinajstić information content (AvgIpc) is 2.55. The van der Waals surface area contributed by atoms with E-state index in [0.717, 1.165) is 35.9 Å². The zero-order valence-electron chi connectivity index (χ0n) is 13.4. The highest BCUT2D eigenvalue weighted by atomic mass is 32.2. The first kappa shape index (κ1) is 17.0. The molecule has 2 rings (SSSR count). The van der Waals surface area contributed by atoms with Gasteiger partial charge >= 0.3 is 0 Å². The summed E-state index contributed by atoms with van der Waals surface area (Å²) in [4.78, 5) is 6.69. The van der Waals surface area contributed by atoms with Gasteiger partial charge < -0.3 is 20.1 Å². The topological polar surface area (TPSA) is 60.1 Å². The predicted molar refractivity (Wildman–Crippen MR) is 92.8 cm³/mol. The number of guanidine groups is 1. The molecule has 22 heavy (non-hydrogen) atoms. The van der Waals surface area contributed by atoms with Gasteiger partial charge in [0.25, 0.3) is 0 Å². The minimum Gasteiger partial charge on any atom is -0.491 e. The normalized spacial score (nSPS) is 15.9. The molecule has 1 fully saturated rings. The Hall–Kier alpha value is -1.40. The van der Waals surface area contributed by atoms with E-state index >= 15 is 0 Å². The van der Waals surface area contributed by atoms with Crippen molar-refractivity contribution in [1.82, 2.24) is 4.90 Å². The van der Waals surface area contributed by atoms with Gasteiger partial charge in [-0.05, 0) is 18.6 Å². The van der Waals surface area contributed by atoms with Crippen LogP contribution in [0.1, 0.15) is 11.1 Å². The fourth-order valence-corrected chi connectivity index (χ4v) is 3.12. The Kier molecular flexibility index (Phi) is 6.86. The number of hydrogen-bond acceptors (Lipinski definition) is 4. The molecule has 2 N–H and O–H groups in total. The number of aliphatic imine (C=N–C) groups is 1. The lowest BCUT2D eigenvalue weighted by atomic mass is 10.1. The number of rotatable bonds is 6. The van der Waals surface area contributed by atoms with Gasteiger partial charge in [-0.1, -0.05) is 12.1 Å². The van der Waals surface area contributed by atoms with Crippen molar-refractivity contribution in [2.24, 2.45) is 10.7 Å². The monoisotopic (exact) mass is 323 g/mol. The van der Waals surface area contributed by atoms with Crippen LogP contribution in [0, 0.1) is 6.92 Å². The van der Waals surface area contributed by atoms with Gasteiger partial charge in [0.1, 0.15) is 12.4 Å². The van der Waals surface area contributed by atoms with E-state index in [4.69, 9.17) is 15.2 Å². The van der Waals surface area contributed by atoms with Crippen molar-refractivity contribution >= 4 is 17.7 Å². The minimum absolute atomic E-state index is 0.537. The maximum atomic E-state index is 6.10. The fourth-order valence-electron chi connectivity index (χ4n) is 2.22. The first-order valence-corrected chi connectivity index (χ1v) is 8.70. The Morgan fingerprint density at radius 3 is 2.82 bits per heavy atom. The summed E-state index contributed by atoms with van der Waals surface area (Å²) in [6.45, 7) is 5.66. The Balaban J connectivity index is 2.01. The Morgan fingerprint density at radius 1 is 1.32 bits per heavy atom. The lowest BCUT2D eigenvalue weighted by molar-refractivity contribution is 0.145. The Labute approximate surface area is 136 Å². The molecule has 5 nitrogen and oxygen atoms in total. The molecule has 1 aliphatic heterocycles. The van der Waals surface area contributed by atoms with Crippen LogP contribution in [0.3, 0.4) is 0 Å². The van der Waals surface area contributed by atoms with Crippen molar-refractivity contribution < 1.29 is 9.47 Å². The third-order valence-corrected chi connectivity index (χ3v) is 4.46. The van der Waals surface area contributed by atoms with E-state index in [-0.39, 0.29) is 0 Å². The summed E-state index contributed by atoms with van der Waals surface area (Å²) < 4.78 is 10.8. The largest absolute Gasteiger partial charge is 0.491 e. The van der Waals surface area contributed by atoms with Gasteiger partial charge in [0, 0.05) is 37.3 Å². The summed E-state index contributed by atoms with van der Waals surface area (Å²) in [6, 6.07) is 6.16. The van der Waals surface area contributed by atoms with Gasteiger partial charge in [-0.15, -0.1) is 0 Å². The smallest absolute Gasteiger partial charge is 0.191 e. The van der Waals surface area contributed by atoms with Crippen molar-refractivity contribution in [2.45, 2.75) is 13.5 Å². The van der Waals surface area contributed by atoms with Crippen LogP contribution in [-0.2, 0) is 11.3 Å². The van der Waals surface area contributed by atoms with Crippen molar-refractivity contribution in [2.75, 3.05) is 44.9 Å². The maximum absolute atomic E-state index is 6.10. The summed E-state index contributed by atoms with van der Waals surface area (Å²) in [5.41, 5.74) is 8.32. The average molecular weight is 323 g/mol. The van der Waals surface area contributed by atoms with Crippen LogP contribution in [0.15, 0.2) is 23.2 Å². The van der Waals surface area contributed by atoms with Gasteiger partial charge in [-0.3, -0.25) is 0 Å². The molecule has 1 heterocycles. The van der Waals surface area contributed by atoms with Crippen LogP contribution in [0.25, 0.3) is 0 Å². The second kappa shape index (κ2) is 8.90. The van der Waals surface area contributed by atoms with E-state index < -0.39 is 0 Å². The molecule has 6 heteroatoms. The molecule has 0 aliphatic carbocycles. The van der Waals surface area contributed by atoms with Gasteiger partial charge in [0.05, 0.1) is 13.2 Å². The summed E-state index contributed by atoms with van der Waals surface area (Å²) in [7, 11) is 1.67. The third kappa shape index (κ3) is 5.10. The number of methoxy groups -OCH3 is 1. The number of nitrogens with zero attached hydrogens (tertiary/aromatic N) is 2. The van der Waals surface area contributed by atoms with Crippen LogP contribution < -0.4 is 10.5 Å². The molecule has 0 unspecified atom stereocenters. The first-order valence-electron chi connectivity index (χ1n) is 7.54. The molecule has 0 aromatic heterocycles. The van der Waals surface area contributed by atoms with Crippen LogP contribution in [0.5, 0.6) is 5.75 Å². The number of ether oxygens (including phenoxy) is 2. The molecule has 0 spiro atoms. The molecular weight excluding hydrogens is 298 g/mol. The van der Waals surface area contributed by atoms with Crippen LogP contribution >= 0.6 is 11.8 Å².